The molecule has 0 saturated heterocycles. The van der Waals surface area contributed by atoms with E-state index in [9.17, 15) is 13.2 Å². The lowest BCUT2D eigenvalue weighted by Gasteiger charge is -2.04. The van der Waals surface area contributed by atoms with Crippen LogP contribution >= 0.6 is 11.3 Å². The van der Waals surface area contributed by atoms with Crippen molar-refractivity contribution in [3.8, 4) is 0 Å². The molecule has 0 bridgehead atoms. The minimum atomic E-state index is -3.48. The van der Waals surface area contributed by atoms with Crippen LogP contribution in [0.5, 0.6) is 0 Å². The van der Waals surface area contributed by atoms with Gasteiger partial charge < -0.3 is 16.4 Å². The molecule has 6 nitrogen and oxygen atoms in total. The molecule has 0 aliphatic carbocycles. The predicted octanol–water partition coefficient (Wildman–Crippen LogP) is 1.70. The molecule has 20 heavy (non-hydrogen) atoms. The molecule has 0 atom stereocenters. The molecule has 1 amide bonds. The summed E-state index contributed by atoms with van der Waals surface area (Å²) in [6, 6.07) is 0. The zero-order chi connectivity index (χ0) is 15.3. The van der Waals surface area contributed by atoms with Crippen molar-refractivity contribution in [1.82, 2.24) is 5.32 Å². The highest BCUT2D eigenvalue weighted by atomic mass is 32.2. The monoisotopic (exact) mass is 319 g/mol. The molecule has 4 N–H and O–H groups in total. The van der Waals surface area contributed by atoms with Gasteiger partial charge in [-0.3, -0.25) is 4.79 Å². The van der Waals surface area contributed by atoms with Crippen molar-refractivity contribution in [2.24, 2.45) is 0 Å². The zero-order valence-corrected chi connectivity index (χ0v) is 13.6. The van der Waals surface area contributed by atoms with E-state index in [1.165, 1.54) is 0 Å². The SMILES string of the molecule is CCCNC(=O)c1sc(NCCC)c(S(C)(=O)=O)c1N. The maximum Gasteiger partial charge on any atom is 0.263 e. The van der Waals surface area contributed by atoms with Gasteiger partial charge in [-0.05, 0) is 12.8 Å². The van der Waals surface area contributed by atoms with Crippen molar-refractivity contribution in [2.45, 2.75) is 31.6 Å². The second kappa shape index (κ2) is 6.94. The summed E-state index contributed by atoms with van der Waals surface area (Å²) in [6.07, 6.45) is 2.74. The maximum atomic E-state index is 12.0. The highest BCUT2D eigenvalue weighted by Crippen LogP contribution is 2.39. The minimum Gasteiger partial charge on any atom is -0.396 e. The van der Waals surface area contributed by atoms with Gasteiger partial charge in [-0.25, -0.2) is 8.42 Å². The average molecular weight is 319 g/mol. The Bertz CT molecular complexity index is 579. The Morgan fingerprint density at radius 1 is 1.25 bits per heavy atom. The van der Waals surface area contributed by atoms with E-state index in [1.807, 2.05) is 13.8 Å². The quantitative estimate of drug-likeness (QED) is 0.710. The van der Waals surface area contributed by atoms with Crippen LogP contribution in [0.3, 0.4) is 0 Å². The molecule has 1 rings (SSSR count). The predicted molar refractivity (Wildman–Crippen MR) is 83.2 cm³/mol. The molecule has 0 saturated carbocycles. The fourth-order valence-electron chi connectivity index (χ4n) is 1.64. The van der Waals surface area contributed by atoms with Crippen molar-refractivity contribution < 1.29 is 13.2 Å². The van der Waals surface area contributed by atoms with E-state index in [1.54, 1.807) is 0 Å². The van der Waals surface area contributed by atoms with Gasteiger partial charge in [0.25, 0.3) is 5.91 Å². The van der Waals surface area contributed by atoms with Gasteiger partial charge in [-0.2, -0.15) is 0 Å². The van der Waals surface area contributed by atoms with Crippen LogP contribution in [0.1, 0.15) is 36.4 Å². The topological polar surface area (TPSA) is 101 Å². The van der Waals surface area contributed by atoms with E-state index >= 15 is 0 Å². The van der Waals surface area contributed by atoms with E-state index in [0.717, 1.165) is 30.4 Å². The van der Waals surface area contributed by atoms with Gasteiger partial charge in [0.2, 0.25) is 0 Å². The minimum absolute atomic E-state index is 0.0256. The molecule has 0 unspecified atom stereocenters. The van der Waals surface area contributed by atoms with Crippen LogP contribution in [-0.2, 0) is 9.84 Å². The van der Waals surface area contributed by atoms with Gasteiger partial charge in [-0.15, -0.1) is 11.3 Å². The van der Waals surface area contributed by atoms with Crippen LogP contribution in [-0.4, -0.2) is 33.7 Å². The molecular weight excluding hydrogens is 298 g/mol. The first-order valence-corrected chi connectivity index (χ1v) is 9.18. The third kappa shape index (κ3) is 3.86. The largest absolute Gasteiger partial charge is 0.396 e. The van der Waals surface area contributed by atoms with Gasteiger partial charge in [0.15, 0.2) is 9.84 Å². The van der Waals surface area contributed by atoms with Crippen LogP contribution in [0.4, 0.5) is 10.7 Å². The fourth-order valence-corrected chi connectivity index (χ4v) is 4.15. The number of rotatable bonds is 7. The summed E-state index contributed by atoms with van der Waals surface area (Å²) < 4.78 is 23.7. The van der Waals surface area contributed by atoms with E-state index in [-0.39, 0.29) is 21.4 Å². The molecule has 0 radical (unpaired) electrons. The lowest BCUT2D eigenvalue weighted by Crippen LogP contribution is -2.24. The van der Waals surface area contributed by atoms with Crippen LogP contribution in [0.15, 0.2) is 4.90 Å². The summed E-state index contributed by atoms with van der Waals surface area (Å²) in [5.74, 6) is -0.330. The molecule has 0 aromatic carbocycles. The van der Waals surface area contributed by atoms with Gasteiger partial charge in [0.1, 0.15) is 14.8 Å². The standard InChI is InChI=1S/C12H21N3O3S2/c1-4-6-14-11(16)9-8(13)10(20(3,17)18)12(19-9)15-7-5-2/h15H,4-7,13H2,1-3H3,(H,14,16). The third-order valence-electron chi connectivity index (χ3n) is 2.55. The first-order chi connectivity index (χ1) is 9.32. The zero-order valence-electron chi connectivity index (χ0n) is 11.9. The van der Waals surface area contributed by atoms with E-state index in [2.05, 4.69) is 10.6 Å². The Morgan fingerprint density at radius 3 is 2.35 bits per heavy atom. The Hall–Kier alpha value is -1.28. The average Bonchev–Trinajstić information content (AvgIpc) is 2.70. The van der Waals surface area contributed by atoms with E-state index in [0.29, 0.717) is 18.1 Å². The Morgan fingerprint density at radius 2 is 1.85 bits per heavy atom. The molecule has 0 aliphatic heterocycles. The number of carbonyl (C=O) groups excluding carboxylic acids is 1. The molecule has 114 valence electrons. The van der Waals surface area contributed by atoms with Gasteiger partial charge in [0, 0.05) is 19.3 Å². The van der Waals surface area contributed by atoms with Crippen molar-refractivity contribution in [3.05, 3.63) is 4.88 Å². The normalized spacial score (nSPS) is 11.3. The van der Waals surface area contributed by atoms with Crippen molar-refractivity contribution in [1.29, 1.82) is 0 Å². The van der Waals surface area contributed by atoms with Crippen LogP contribution in [0.25, 0.3) is 0 Å². The number of nitrogen functional groups attached to an aromatic ring is 1. The van der Waals surface area contributed by atoms with Crippen molar-refractivity contribution >= 4 is 37.8 Å². The summed E-state index contributed by atoms with van der Waals surface area (Å²) >= 11 is 1.08. The summed E-state index contributed by atoms with van der Waals surface area (Å²) in [6.45, 7) is 5.06. The number of nitrogens with two attached hydrogens (primary N) is 1. The number of sulfone groups is 1. The molecule has 0 spiro atoms. The van der Waals surface area contributed by atoms with Crippen LogP contribution < -0.4 is 16.4 Å². The van der Waals surface area contributed by atoms with Crippen molar-refractivity contribution in [3.63, 3.8) is 0 Å². The van der Waals surface area contributed by atoms with Crippen LogP contribution in [0.2, 0.25) is 0 Å². The lowest BCUT2D eigenvalue weighted by molar-refractivity contribution is 0.0958. The third-order valence-corrected chi connectivity index (χ3v) is 5.00. The molecule has 0 fully saturated rings. The number of thiophene rings is 1. The van der Waals surface area contributed by atoms with Crippen LogP contribution in [0, 0.1) is 0 Å². The molecule has 1 aromatic heterocycles. The molecule has 0 aliphatic rings. The number of amides is 1. The first-order valence-electron chi connectivity index (χ1n) is 6.47. The Balaban J connectivity index is 3.22. The Kier molecular flexibility index (Phi) is 5.82. The Labute approximate surface area is 123 Å². The highest BCUT2D eigenvalue weighted by molar-refractivity contribution is 7.91. The number of anilines is 2. The van der Waals surface area contributed by atoms with Gasteiger partial charge in [-0.1, -0.05) is 13.8 Å². The van der Waals surface area contributed by atoms with Gasteiger partial charge >= 0.3 is 0 Å². The second-order valence-electron chi connectivity index (χ2n) is 4.46. The summed E-state index contributed by atoms with van der Waals surface area (Å²) in [5, 5.41) is 6.17. The highest BCUT2D eigenvalue weighted by Gasteiger charge is 2.26. The van der Waals surface area contributed by atoms with E-state index in [4.69, 9.17) is 5.73 Å². The maximum absolute atomic E-state index is 12.0. The smallest absolute Gasteiger partial charge is 0.263 e. The van der Waals surface area contributed by atoms with Crippen molar-refractivity contribution in [2.75, 3.05) is 30.4 Å². The number of hydrogen-bond acceptors (Lipinski definition) is 6. The summed E-state index contributed by atoms with van der Waals surface area (Å²) in [7, 11) is -3.48. The molecule has 8 heteroatoms. The lowest BCUT2D eigenvalue weighted by atomic mass is 10.3. The fraction of sp³-hybridized carbons (Fsp3) is 0.583. The second-order valence-corrected chi connectivity index (χ2v) is 7.43. The van der Waals surface area contributed by atoms with E-state index < -0.39 is 9.84 Å². The summed E-state index contributed by atoms with van der Waals surface area (Å²) in [5.41, 5.74) is 5.90. The number of hydrogen-bond donors (Lipinski definition) is 3. The van der Waals surface area contributed by atoms with Gasteiger partial charge in [0.05, 0.1) is 5.69 Å². The number of nitrogens with one attached hydrogen (secondary N) is 2. The molecular formula is C12H21N3O3S2. The molecule has 1 aromatic rings. The molecule has 1 heterocycles. The summed E-state index contributed by atoms with van der Waals surface area (Å²) in [4.78, 5) is 12.3. The number of carbonyl (C=O) groups is 1. The first kappa shape index (κ1) is 16.8.